The van der Waals surface area contributed by atoms with Crippen molar-refractivity contribution in [1.82, 2.24) is 14.8 Å². The molecule has 7 nitrogen and oxygen atoms in total. The number of anilines is 2. The van der Waals surface area contributed by atoms with Gasteiger partial charge in [-0.3, -0.25) is 14.8 Å². The molecule has 16 heavy (non-hydrogen) atoms. The lowest BCUT2D eigenvalue weighted by molar-refractivity contribution is -0.380. The van der Waals surface area contributed by atoms with Gasteiger partial charge in [0, 0.05) is 13.2 Å². The third-order valence-corrected chi connectivity index (χ3v) is 2.79. The summed E-state index contributed by atoms with van der Waals surface area (Å²) in [6, 6.07) is 0. The van der Waals surface area contributed by atoms with E-state index in [1.165, 1.54) is 6.20 Å². The quantitative estimate of drug-likeness (QED) is 0.652. The van der Waals surface area contributed by atoms with Crippen LogP contribution >= 0.6 is 11.3 Å². The van der Waals surface area contributed by atoms with Gasteiger partial charge in [-0.05, 0) is 18.3 Å². The summed E-state index contributed by atoms with van der Waals surface area (Å²) >= 11 is 0.995. The largest absolute Gasteiger partial charge is 0.345 e. The van der Waals surface area contributed by atoms with Crippen LogP contribution in [-0.4, -0.2) is 19.7 Å². The van der Waals surface area contributed by atoms with Crippen molar-refractivity contribution in [3.8, 4) is 0 Å². The van der Waals surface area contributed by atoms with E-state index in [-0.39, 0.29) is 5.00 Å². The molecule has 0 aliphatic carbocycles. The van der Waals surface area contributed by atoms with Crippen molar-refractivity contribution in [2.24, 2.45) is 7.05 Å². The molecule has 2 rings (SSSR count). The van der Waals surface area contributed by atoms with E-state index in [0.29, 0.717) is 5.13 Å². The number of aryl methyl sites for hydroxylation is 2. The maximum absolute atomic E-state index is 10.5. The molecule has 0 spiro atoms. The number of thiazole rings is 1. The van der Waals surface area contributed by atoms with Crippen LogP contribution in [0.15, 0.2) is 12.4 Å². The van der Waals surface area contributed by atoms with Crippen molar-refractivity contribution in [2.45, 2.75) is 6.92 Å². The molecule has 8 heteroatoms. The highest BCUT2D eigenvalue weighted by molar-refractivity contribution is 7.18. The van der Waals surface area contributed by atoms with Gasteiger partial charge in [0.25, 0.3) is 0 Å². The van der Waals surface area contributed by atoms with Crippen LogP contribution < -0.4 is 5.32 Å². The fourth-order valence-corrected chi connectivity index (χ4v) is 1.89. The summed E-state index contributed by atoms with van der Waals surface area (Å²) in [7, 11) is 1.81. The second kappa shape index (κ2) is 3.89. The van der Waals surface area contributed by atoms with E-state index in [1.54, 1.807) is 10.9 Å². The molecule has 1 N–H and O–H groups in total. The predicted molar refractivity (Wildman–Crippen MR) is 60.0 cm³/mol. The number of hydrogen-bond acceptors (Lipinski definition) is 6. The molecule has 0 atom stereocenters. The minimum absolute atomic E-state index is 0.0176. The molecule has 2 aromatic heterocycles. The number of nitro groups is 1. The molecule has 84 valence electrons. The zero-order valence-corrected chi connectivity index (χ0v) is 9.48. The van der Waals surface area contributed by atoms with Crippen LogP contribution in [0.5, 0.6) is 0 Å². The Kier molecular flexibility index (Phi) is 2.57. The van der Waals surface area contributed by atoms with E-state index in [9.17, 15) is 10.1 Å². The lowest BCUT2D eigenvalue weighted by Crippen LogP contribution is -1.88. The molecule has 2 heterocycles. The molecule has 0 aliphatic rings. The van der Waals surface area contributed by atoms with E-state index in [4.69, 9.17) is 0 Å². The number of nitrogens with zero attached hydrogens (tertiary/aromatic N) is 4. The summed E-state index contributed by atoms with van der Waals surface area (Å²) in [6.07, 6.45) is 3.03. The van der Waals surface area contributed by atoms with Crippen molar-refractivity contribution >= 4 is 27.2 Å². The summed E-state index contributed by atoms with van der Waals surface area (Å²) in [6.45, 7) is 1.85. The zero-order valence-electron chi connectivity index (χ0n) is 8.67. The van der Waals surface area contributed by atoms with Crippen molar-refractivity contribution < 1.29 is 4.92 Å². The van der Waals surface area contributed by atoms with Gasteiger partial charge in [-0.25, -0.2) is 4.98 Å². The number of hydrogen-bond donors (Lipinski definition) is 1. The second-order valence-corrected chi connectivity index (χ2v) is 4.20. The predicted octanol–water partition coefficient (Wildman–Crippen LogP) is 1.84. The monoisotopic (exact) mass is 239 g/mol. The van der Waals surface area contributed by atoms with Crippen LogP contribution in [0.25, 0.3) is 0 Å². The Bertz CT molecular complexity index is 532. The maximum Gasteiger partial charge on any atom is 0.345 e. The summed E-state index contributed by atoms with van der Waals surface area (Å²) in [5, 5.41) is 18.1. The number of nitrogens with one attached hydrogen (secondary N) is 1. The van der Waals surface area contributed by atoms with Crippen molar-refractivity contribution in [2.75, 3.05) is 5.32 Å². The van der Waals surface area contributed by atoms with Crippen molar-refractivity contribution in [1.29, 1.82) is 0 Å². The molecule has 0 unspecified atom stereocenters. The zero-order chi connectivity index (χ0) is 11.7. The van der Waals surface area contributed by atoms with Gasteiger partial charge in [-0.1, -0.05) is 0 Å². The fourth-order valence-electron chi connectivity index (χ4n) is 1.25. The standard InChI is InChI=1S/C8H9N5O2S/c1-5-6(4-12(2)11-5)10-8-9-3-7(16-8)13(14)15/h3-4H,1-2H3,(H,9,10). The highest BCUT2D eigenvalue weighted by atomic mass is 32.1. The van der Waals surface area contributed by atoms with Gasteiger partial charge >= 0.3 is 5.00 Å². The third kappa shape index (κ3) is 2.01. The molecule has 0 fully saturated rings. The lowest BCUT2D eigenvalue weighted by Gasteiger charge is -1.97. The van der Waals surface area contributed by atoms with Crippen LogP contribution in [0.4, 0.5) is 15.8 Å². The van der Waals surface area contributed by atoms with Crippen LogP contribution in [-0.2, 0) is 7.05 Å². The van der Waals surface area contributed by atoms with Crippen LogP contribution in [0.1, 0.15) is 5.69 Å². The molecule has 0 radical (unpaired) electrons. The van der Waals surface area contributed by atoms with Gasteiger partial charge in [0.05, 0.1) is 16.3 Å². The first-order chi connectivity index (χ1) is 7.56. The van der Waals surface area contributed by atoms with E-state index in [2.05, 4.69) is 15.4 Å². The van der Waals surface area contributed by atoms with Gasteiger partial charge in [-0.2, -0.15) is 5.10 Å². The van der Waals surface area contributed by atoms with Crippen LogP contribution in [0.3, 0.4) is 0 Å². The topological polar surface area (TPSA) is 85.9 Å². The summed E-state index contributed by atoms with van der Waals surface area (Å²) in [4.78, 5) is 13.9. The lowest BCUT2D eigenvalue weighted by atomic mass is 10.4. The summed E-state index contributed by atoms with van der Waals surface area (Å²) < 4.78 is 1.67. The Morgan fingerprint density at radius 2 is 2.38 bits per heavy atom. The minimum Gasteiger partial charge on any atom is -0.329 e. The molecule has 0 aliphatic heterocycles. The van der Waals surface area contributed by atoms with E-state index in [0.717, 1.165) is 22.7 Å². The molecule has 0 amide bonds. The SMILES string of the molecule is Cc1nn(C)cc1Nc1ncc([N+](=O)[O-])s1. The van der Waals surface area contributed by atoms with Crippen molar-refractivity contribution in [3.05, 3.63) is 28.2 Å². The Labute approximate surface area is 94.9 Å². The molecule has 0 bridgehead atoms. The average molecular weight is 239 g/mol. The Morgan fingerprint density at radius 3 is 2.88 bits per heavy atom. The van der Waals surface area contributed by atoms with Gasteiger partial charge in [-0.15, -0.1) is 0 Å². The van der Waals surface area contributed by atoms with Gasteiger partial charge in [0.2, 0.25) is 0 Å². The normalized spacial score (nSPS) is 10.4. The van der Waals surface area contributed by atoms with Crippen LogP contribution in [0, 0.1) is 17.0 Å². The first kappa shape index (κ1) is 10.6. The molecule has 2 aromatic rings. The summed E-state index contributed by atoms with van der Waals surface area (Å²) in [5.74, 6) is 0. The minimum atomic E-state index is -0.459. The smallest absolute Gasteiger partial charge is 0.329 e. The highest BCUT2D eigenvalue weighted by Gasteiger charge is 2.12. The third-order valence-electron chi connectivity index (χ3n) is 1.93. The highest BCUT2D eigenvalue weighted by Crippen LogP contribution is 2.28. The maximum atomic E-state index is 10.5. The van der Waals surface area contributed by atoms with Gasteiger partial charge in [0.15, 0.2) is 5.13 Å². The first-order valence-corrected chi connectivity index (χ1v) is 5.25. The molecular formula is C8H9N5O2S. The second-order valence-electron chi connectivity index (χ2n) is 3.19. The van der Waals surface area contributed by atoms with E-state index in [1.807, 2.05) is 14.0 Å². The van der Waals surface area contributed by atoms with E-state index >= 15 is 0 Å². The Morgan fingerprint density at radius 1 is 1.62 bits per heavy atom. The fraction of sp³-hybridized carbons (Fsp3) is 0.250. The molecule has 0 saturated heterocycles. The Hall–Kier alpha value is -1.96. The van der Waals surface area contributed by atoms with Gasteiger partial charge in [0.1, 0.15) is 6.20 Å². The van der Waals surface area contributed by atoms with E-state index < -0.39 is 4.92 Å². The Balaban J connectivity index is 2.20. The molecular weight excluding hydrogens is 230 g/mol. The first-order valence-electron chi connectivity index (χ1n) is 4.44. The number of aromatic nitrogens is 3. The van der Waals surface area contributed by atoms with Crippen LogP contribution in [0.2, 0.25) is 0 Å². The van der Waals surface area contributed by atoms with Gasteiger partial charge < -0.3 is 5.32 Å². The number of rotatable bonds is 3. The molecule has 0 saturated carbocycles. The summed E-state index contributed by atoms with van der Waals surface area (Å²) in [5.41, 5.74) is 1.62. The molecule has 0 aromatic carbocycles. The van der Waals surface area contributed by atoms with Crippen molar-refractivity contribution in [3.63, 3.8) is 0 Å². The average Bonchev–Trinajstić information content (AvgIpc) is 2.75.